The van der Waals surface area contributed by atoms with Gasteiger partial charge in [0.05, 0.1) is 0 Å². The fourth-order valence-corrected chi connectivity index (χ4v) is 7.70. The lowest BCUT2D eigenvalue weighted by Crippen LogP contribution is -2.30. The van der Waals surface area contributed by atoms with Crippen molar-refractivity contribution in [2.24, 2.45) is 17.8 Å². The van der Waals surface area contributed by atoms with E-state index in [1.54, 1.807) is 0 Å². The zero-order valence-electron chi connectivity index (χ0n) is 39.8. The first-order valence-electron chi connectivity index (χ1n) is 25.7. The molecular formula is C52H100O6. The molecule has 0 aromatic rings. The van der Waals surface area contributed by atoms with E-state index in [2.05, 4.69) is 41.5 Å². The van der Waals surface area contributed by atoms with E-state index < -0.39 is 6.10 Å². The van der Waals surface area contributed by atoms with E-state index in [9.17, 15) is 14.4 Å². The normalized spacial score (nSPS) is 13.1. The highest BCUT2D eigenvalue weighted by Gasteiger charge is 2.19. The first-order chi connectivity index (χ1) is 28.2. The third-order valence-corrected chi connectivity index (χ3v) is 12.4. The van der Waals surface area contributed by atoms with Crippen LogP contribution in [0.5, 0.6) is 0 Å². The highest BCUT2D eigenvalue weighted by molar-refractivity contribution is 5.71. The topological polar surface area (TPSA) is 78.9 Å². The summed E-state index contributed by atoms with van der Waals surface area (Å²) in [4.78, 5) is 37.9. The summed E-state index contributed by atoms with van der Waals surface area (Å²) in [5.41, 5.74) is 0. The van der Waals surface area contributed by atoms with Crippen molar-refractivity contribution in [3.8, 4) is 0 Å². The third-order valence-electron chi connectivity index (χ3n) is 12.4. The Kier molecular flexibility index (Phi) is 42.3. The molecule has 0 rings (SSSR count). The van der Waals surface area contributed by atoms with Crippen LogP contribution in [0.4, 0.5) is 0 Å². The highest BCUT2D eigenvalue weighted by Crippen LogP contribution is 2.18. The summed E-state index contributed by atoms with van der Waals surface area (Å²) < 4.78 is 16.8. The molecule has 0 heterocycles. The molecule has 2 unspecified atom stereocenters. The van der Waals surface area contributed by atoms with Crippen molar-refractivity contribution in [3.05, 3.63) is 0 Å². The molecule has 0 bridgehead atoms. The van der Waals surface area contributed by atoms with E-state index in [0.717, 1.165) is 75.5 Å². The molecule has 344 valence electrons. The molecule has 0 N–H and O–H groups in total. The van der Waals surface area contributed by atoms with Gasteiger partial charge < -0.3 is 14.2 Å². The summed E-state index contributed by atoms with van der Waals surface area (Å²) in [5.74, 6) is 1.66. The lowest BCUT2D eigenvalue weighted by Gasteiger charge is -2.18. The monoisotopic (exact) mass is 821 g/mol. The van der Waals surface area contributed by atoms with Gasteiger partial charge in [0.1, 0.15) is 13.2 Å². The fraction of sp³-hybridized carbons (Fsp3) is 0.942. The average molecular weight is 821 g/mol. The maximum absolute atomic E-state index is 12.8. The standard InChI is InChI=1S/C52H100O6/c1-7-47(5)39-33-27-21-17-14-15-19-23-31-37-43-52(55)58-49(45-57-51(54)42-36-30-25-24-28-34-40-48(6)8-2)44-56-50(53)41-35-29-22-18-13-11-9-10-12-16-20-26-32-38-46(3)4/h46-49H,7-45H2,1-6H3/t47?,48?,49-/m1/s1. The van der Waals surface area contributed by atoms with E-state index in [0.29, 0.717) is 19.3 Å². The molecule has 0 aliphatic carbocycles. The van der Waals surface area contributed by atoms with E-state index in [-0.39, 0.29) is 31.1 Å². The van der Waals surface area contributed by atoms with E-state index >= 15 is 0 Å². The molecule has 6 heteroatoms. The number of esters is 3. The van der Waals surface area contributed by atoms with Gasteiger partial charge >= 0.3 is 17.9 Å². The number of hydrogen-bond donors (Lipinski definition) is 0. The zero-order valence-corrected chi connectivity index (χ0v) is 39.8. The Morgan fingerprint density at radius 1 is 0.345 bits per heavy atom. The van der Waals surface area contributed by atoms with Gasteiger partial charge in [0, 0.05) is 19.3 Å². The van der Waals surface area contributed by atoms with Crippen LogP contribution in [0.25, 0.3) is 0 Å². The van der Waals surface area contributed by atoms with Crippen LogP contribution >= 0.6 is 0 Å². The van der Waals surface area contributed by atoms with Gasteiger partial charge in [-0.2, -0.15) is 0 Å². The van der Waals surface area contributed by atoms with Crippen molar-refractivity contribution in [2.45, 2.75) is 285 Å². The molecule has 0 aliphatic rings. The molecule has 0 saturated heterocycles. The summed E-state index contributed by atoms with van der Waals surface area (Å²) in [6.07, 6.45) is 42.3. The molecule has 0 aliphatic heterocycles. The van der Waals surface area contributed by atoms with Gasteiger partial charge in [-0.25, -0.2) is 0 Å². The Bertz CT molecular complexity index is 902. The third kappa shape index (κ3) is 42.5. The van der Waals surface area contributed by atoms with Crippen LogP contribution in [0.3, 0.4) is 0 Å². The molecule has 0 fully saturated rings. The van der Waals surface area contributed by atoms with Crippen LogP contribution in [-0.2, 0) is 28.6 Å². The van der Waals surface area contributed by atoms with Crippen molar-refractivity contribution in [1.29, 1.82) is 0 Å². The minimum absolute atomic E-state index is 0.0654. The molecule has 0 aromatic carbocycles. The van der Waals surface area contributed by atoms with Crippen molar-refractivity contribution in [3.63, 3.8) is 0 Å². The van der Waals surface area contributed by atoms with Crippen LogP contribution in [0.2, 0.25) is 0 Å². The highest BCUT2D eigenvalue weighted by atomic mass is 16.6. The molecule has 0 radical (unpaired) electrons. The summed E-state index contributed by atoms with van der Waals surface area (Å²) in [7, 11) is 0. The lowest BCUT2D eigenvalue weighted by molar-refractivity contribution is -0.167. The quantitative estimate of drug-likeness (QED) is 0.0346. The molecule has 0 amide bonds. The van der Waals surface area contributed by atoms with Crippen LogP contribution < -0.4 is 0 Å². The van der Waals surface area contributed by atoms with Crippen molar-refractivity contribution >= 4 is 17.9 Å². The smallest absolute Gasteiger partial charge is 0.306 e. The summed E-state index contributed by atoms with van der Waals surface area (Å²) >= 11 is 0. The Hall–Kier alpha value is -1.59. The van der Waals surface area contributed by atoms with Crippen LogP contribution in [0.15, 0.2) is 0 Å². The van der Waals surface area contributed by atoms with Gasteiger partial charge in [-0.05, 0) is 37.0 Å². The molecule has 0 aromatic heterocycles. The first kappa shape index (κ1) is 56.4. The molecule has 0 saturated carbocycles. The Balaban J connectivity index is 4.31. The summed E-state index contributed by atoms with van der Waals surface area (Å²) in [6, 6.07) is 0. The predicted octanol–water partition coefficient (Wildman–Crippen LogP) is 16.4. The Morgan fingerprint density at radius 3 is 0.897 bits per heavy atom. The number of rotatable bonds is 45. The van der Waals surface area contributed by atoms with Crippen molar-refractivity contribution in [1.82, 2.24) is 0 Å². The molecule has 0 spiro atoms. The van der Waals surface area contributed by atoms with Crippen LogP contribution in [0, 0.1) is 17.8 Å². The second kappa shape index (κ2) is 43.5. The largest absolute Gasteiger partial charge is 0.462 e. The Labute approximate surface area is 361 Å². The average Bonchev–Trinajstić information content (AvgIpc) is 3.21. The molecule has 58 heavy (non-hydrogen) atoms. The van der Waals surface area contributed by atoms with Gasteiger partial charge in [-0.15, -0.1) is 0 Å². The van der Waals surface area contributed by atoms with E-state index in [1.165, 1.54) is 161 Å². The second-order valence-electron chi connectivity index (χ2n) is 18.8. The zero-order chi connectivity index (χ0) is 42.7. The number of hydrogen-bond acceptors (Lipinski definition) is 6. The van der Waals surface area contributed by atoms with Gasteiger partial charge in [-0.1, -0.05) is 241 Å². The van der Waals surface area contributed by atoms with Gasteiger partial charge in [0.25, 0.3) is 0 Å². The number of carbonyl (C=O) groups is 3. The van der Waals surface area contributed by atoms with Crippen LogP contribution in [0.1, 0.15) is 279 Å². The SMILES string of the molecule is CCC(C)CCCCCCCCCCCCC(=O)O[C@H](COC(=O)CCCCCCCCCCCCCCCC(C)C)COC(=O)CCCCCCCCC(C)CC. The van der Waals surface area contributed by atoms with Gasteiger partial charge in [0.15, 0.2) is 6.10 Å². The maximum atomic E-state index is 12.8. The van der Waals surface area contributed by atoms with E-state index in [1.807, 2.05) is 0 Å². The molecular weight excluding hydrogens is 721 g/mol. The van der Waals surface area contributed by atoms with E-state index in [4.69, 9.17) is 14.2 Å². The lowest BCUT2D eigenvalue weighted by atomic mass is 9.99. The second-order valence-corrected chi connectivity index (χ2v) is 18.8. The summed E-state index contributed by atoms with van der Waals surface area (Å²) in [6.45, 7) is 13.7. The minimum Gasteiger partial charge on any atom is -0.462 e. The fourth-order valence-electron chi connectivity index (χ4n) is 7.70. The Morgan fingerprint density at radius 2 is 0.603 bits per heavy atom. The van der Waals surface area contributed by atoms with Crippen molar-refractivity contribution < 1.29 is 28.6 Å². The van der Waals surface area contributed by atoms with Gasteiger partial charge in [-0.3, -0.25) is 14.4 Å². The van der Waals surface area contributed by atoms with Crippen LogP contribution in [-0.4, -0.2) is 37.2 Å². The number of carbonyl (C=O) groups excluding carboxylic acids is 3. The van der Waals surface area contributed by atoms with Gasteiger partial charge in [0.2, 0.25) is 0 Å². The number of ether oxygens (including phenoxy) is 3. The predicted molar refractivity (Wildman–Crippen MR) is 247 cm³/mol. The van der Waals surface area contributed by atoms with Crippen molar-refractivity contribution in [2.75, 3.05) is 13.2 Å². The molecule has 6 nitrogen and oxygen atoms in total. The minimum atomic E-state index is -0.763. The number of unbranched alkanes of at least 4 members (excludes halogenated alkanes) is 26. The summed E-state index contributed by atoms with van der Waals surface area (Å²) in [5, 5.41) is 0. The first-order valence-corrected chi connectivity index (χ1v) is 25.7. The maximum Gasteiger partial charge on any atom is 0.306 e. The molecule has 3 atom stereocenters.